The summed E-state index contributed by atoms with van der Waals surface area (Å²) < 4.78 is 5.01. The Kier molecular flexibility index (Phi) is 5.71. The van der Waals surface area contributed by atoms with Gasteiger partial charge in [-0.05, 0) is 23.9 Å². The maximum atomic E-state index is 11.9. The van der Waals surface area contributed by atoms with Crippen molar-refractivity contribution in [3.8, 4) is 0 Å². The van der Waals surface area contributed by atoms with Gasteiger partial charge in [0.05, 0.1) is 6.54 Å². The average molecular weight is 321 g/mol. The lowest BCUT2D eigenvalue weighted by Gasteiger charge is -2.15. The third-order valence-corrected chi connectivity index (χ3v) is 3.95. The smallest absolute Gasteiger partial charge is 0.359 e. The minimum Gasteiger partial charge on any atom is -0.451 e. The zero-order chi connectivity index (χ0) is 15.9. The molecule has 0 spiro atoms. The molecule has 22 heavy (non-hydrogen) atoms. The van der Waals surface area contributed by atoms with Crippen molar-refractivity contribution in [2.45, 2.75) is 26.3 Å². The number of amides is 1. The summed E-state index contributed by atoms with van der Waals surface area (Å²) in [7, 11) is 1.68. The van der Waals surface area contributed by atoms with Crippen LogP contribution in [0, 0.1) is 0 Å². The van der Waals surface area contributed by atoms with E-state index in [0.717, 1.165) is 23.4 Å². The first kappa shape index (κ1) is 16.2. The van der Waals surface area contributed by atoms with Crippen molar-refractivity contribution < 1.29 is 14.3 Å². The number of H-pyrrole nitrogens is 1. The summed E-state index contributed by atoms with van der Waals surface area (Å²) in [6.07, 6.45) is 1.78. The van der Waals surface area contributed by atoms with E-state index >= 15 is 0 Å². The number of hydrogen-bond acceptors (Lipinski definition) is 5. The van der Waals surface area contributed by atoms with Crippen LogP contribution in [0.15, 0.2) is 23.6 Å². The quantitative estimate of drug-likeness (QED) is 0.794. The fourth-order valence-corrected chi connectivity index (χ4v) is 2.66. The Morgan fingerprint density at radius 1 is 1.45 bits per heavy atom. The first-order chi connectivity index (χ1) is 10.6. The Labute approximate surface area is 133 Å². The second kappa shape index (κ2) is 7.74. The van der Waals surface area contributed by atoms with Gasteiger partial charge in [0.2, 0.25) is 0 Å². The summed E-state index contributed by atoms with van der Waals surface area (Å²) in [6, 6.07) is 5.55. The van der Waals surface area contributed by atoms with Crippen LogP contribution >= 0.6 is 11.3 Å². The molecule has 1 amide bonds. The number of carbonyl (C=O) groups is 2. The number of nitrogens with one attached hydrogen (secondary N) is 1. The molecular weight excluding hydrogens is 302 g/mol. The van der Waals surface area contributed by atoms with E-state index in [1.54, 1.807) is 24.5 Å². The largest absolute Gasteiger partial charge is 0.451 e. The van der Waals surface area contributed by atoms with Crippen LogP contribution in [0.1, 0.15) is 34.4 Å². The maximum absolute atomic E-state index is 11.9. The molecule has 0 bridgehead atoms. The summed E-state index contributed by atoms with van der Waals surface area (Å²) in [5, 5.41) is 8.64. The van der Waals surface area contributed by atoms with Crippen LogP contribution in [-0.4, -0.2) is 40.6 Å². The van der Waals surface area contributed by atoms with E-state index in [2.05, 4.69) is 10.2 Å². The SMILES string of the molecule is CCCc1cc(C(=O)OCC(=O)N(C)Cc2cccs2)n[nH]1. The van der Waals surface area contributed by atoms with Crippen molar-refractivity contribution in [3.05, 3.63) is 39.8 Å². The van der Waals surface area contributed by atoms with Gasteiger partial charge in [0.1, 0.15) is 0 Å². The Balaban J connectivity index is 1.80. The molecule has 0 unspecified atom stereocenters. The molecule has 0 aliphatic rings. The lowest BCUT2D eigenvalue weighted by atomic mass is 10.2. The van der Waals surface area contributed by atoms with Crippen molar-refractivity contribution in [3.63, 3.8) is 0 Å². The number of esters is 1. The summed E-state index contributed by atoms with van der Waals surface area (Å²) in [6.45, 7) is 2.27. The molecule has 2 heterocycles. The molecule has 0 aliphatic carbocycles. The number of rotatable bonds is 7. The average Bonchev–Trinajstić information content (AvgIpc) is 3.16. The number of ether oxygens (including phenoxy) is 1. The number of aromatic amines is 1. The molecule has 118 valence electrons. The molecule has 0 saturated heterocycles. The highest BCUT2D eigenvalue weighted by molar-refractivity contribution is 7.09. The summed E-state index contributed by atoms with van der Waals surface area (Å²) in [5.41, 5.74) is 1.09. The van der Waals surface area contributed by atoms with Gasteiger partial charge in [-0.1, -0.05) is 19.4 Å². The van der Waals surface area contributed by atoms with Crippen LogP contribution in [0.2, 0.25) is 0 Å². The molecule has 1 N–H and O–H groups in total. The van der Waals surface area contributed by atoms with Crippen molar-refractivity contribution in [2.75, 3.05) is 13.7 Å². The van der Waals surface area contributed by atoms with E-state index in [4.69, 9.17) is 4.74 Å². The number of aryl methyl sites for hydroxylation is 1. The van der Waals surface area contributed by atoms with E-state index in [1.165, 1.54) is 4.90 Å². The standard InChI is InChI=1S/C15H19N3O3S/c1-3-5-11-8-13(17-16-11)15(20)21-10-14(19)18(2)9-12-6-4-7-22-12/h4,6-8H,3,5,9-10H2,1-2H3,(H,16,17). The van der Waals surface area contributed by atoms with Gasteiger partial charge >= 0.3 is 5.97 Å². The Bertz CT molecular complexity index is 622. The van der Waals surface area contributed by atoms with E-state index < -0.39 is 5.97 Å². The van der Waals surface area contributed by atoms with Gasteiger partial charge in [-0.3, -0.25) is 9.89 Å². The molecule has 0 fully saturated rings. The minimum atomic E-state index is -0.587. The fourth-order valence-electron chi connectivity index (χ4n) is 1.90. The van der Waals surface area contributed by atoms with E-state index in [0.29, 0.717) is 6.54 Å². The van der Waals surface area contributed by atoms with Gasteiger partial charge in [0.15, 0.2) is 12.3 Å². The molecule has 7 heteroatoms. The third-order valence-electron chi connectivity index (χ3n) is 3.08. The van der Waals surface area contributed by atoms with Gasteiger partial charge in [-0.25, -0.2) is 4.79 Å². The second-order valence-corrected chi connectivity index (χ2v) is 5.97. The molecule has 2 rings (SSSR count). The second-order valence-electron chi connectivity index (χ2n) is 4.93. The predicted octanol–water partition coefficient (Wildman–Crippen LogP) is 2.24. The molecule has 0 radical (unpaired) electrons. The fraction of sp³-hybridized carbons (Fsp3) is 0.400. The Morgan fingerprint density at radius 3 is 2.95 bits per heavy atom. The van der Waals surface area contributed by atoms with E-state index in [-0.39, 0.29) is 18.2 Å². The number of hydrogen-bond donors (Lipinski definition) is 1. The lowest BCUT2D eigenvalue weighted by molar-refractivity contribution is -0.133. The lowest BCUT2D eigenvalue weighted by Crippen LogP contribution is -2.30. The number of carbonyl (C=O) groups excluding carboxylic acids is 2. The van der Waals surface area contributed by atoms with Gasteiger partial charge in [0.25, 0.3) is 5.91 Å². The monoisotopic (exact) mass is 321 g/mol. The zero-order valence-electron chi connectivity index (χ0n) is 12.7. The Hall–Kier alpha value is -2.15. The molecule has 0 aromatic carbocycles. The highest BCUT2D eigenvalue weighted by Crippen LogP contribution is 2.11. The number of nitrogens with zero attached hydrogens (tertiary/aromatic N) is 2. The van der Waals surface area contributed by atoms with Gasteiger partial charge < -0.3 is 9.64 Å². The zero-order valence-corrected chi connectivity index (χ0v) is 13.5. The normalized spacial score (nSPS) is 10.5. The van der Waals surface area contributed by atoms with Crippen LogP contribution in [0.3, 0.4) is 0 Å². The van der Waals surface area contributed by atoms with Crippen LogP contribution in [0.25, 0.3) is 0 Å². The first-order valence-corrected chi connectivity index (χ1v) is 7.96. The predicted molar refractivity (Wildman–Crippen MR) is 83.7 cm³/mol. The molecule has 2 aromatic rings. The van der Waals surface area contributed by atoms with E-state index in [1.807, 2.05) is 24.4 Å². The van der Waals surface area contributed by atoms with Crippen LogP contribution in [0.4, 0.5) is 0 Å². The third kappa shape index (κ3) is 4.42. The molecule has 0 atom stereocenters. The minimum absolute atomic E-state index is 0.206. The summed E-state index contributed by atoms with van der Waals surface area (Å²) in [4.78, 5) is 26.4. The van der Waals surface area contributed by atoms with Crippen LogP contribution in [0.5, 0.6) is 0 Å². The van der Waals surface area contributed by atoms with Crippen molar-refractivity contribution in [2.24, 2.45) is 0 Å². The van der Waals surface area contributed by atoms with Crippen molar-refractivity contribution in [1.29, 1.82) is 0 Å². The summed E-state index contributed by atoms with van der Waals surface area (Å²) in [5.74, 6) is -0.831. The van der Waals surface area contributed by atoms with Gasteiger partial charge in [-0.15, -0.1) is 11.3 Å². The molecule has 6 nitrogen and oxygen atoms in total. The van der Waals surface area contributed by atoms with Crippen LogP contribution in [-0.2, 0) is 22.5 Å². The van der Waals surface area contributed by atoms with Crippen molar-refractivity contribution in [1.82, 2.24) is 15.1 Å². The molecule has 2 aromatic heterocycles. The molecular formula is C15H19N3O3S. The topological polar surface area (TPSA) is 75.3 Å². The van der Waals surface area contributed by atoms with Crippen molar-refractivity contribution >= 4 is 23.2 Å². The highest BCUT2D eigenvalue weighted by Gasteiger charge is 2.16. The van der Waals surface area contributed by atoms with Gasteiger partial charge in [0, 0.05) is 17.6 Å². The number of aromatic nitrogens is 2. The van der Waals surface area contributed by atoms with Crippen LogP contribution < -0.4 is 0 Å². The summed E-state index contributed by atoms with van der Waals surface area (Å²) >= 11 is 1.58. The molecule has 0 saturated carbocycles. The molecule has 0 aliphatic heterocycles. The van der Waals surface area contributed by atoms with E-state index in [9.17, 15) is 9.59 Å². The first-order valence-electron chi connectivity index (χ1n) is 7.08. The Morgan fingerprint density at radius 2 is 2.27 bits per heavy atom. The number of likely N-dealkylation sites (N-methyl/N-ethyl adjacent to an activating group) is 1. The van der Waals surface area contributed by atoms with Gasteiger partial charge in [-0.2, -0.15) is 5.10 Å². The number of thiophene rings is 1. The highest BCUT2D eigenvalue weighted by atomic mass is 32.1. The maximum Gasteiger partial charge on any atom is 0.359 e.